The molecule has 0 saturated heterocycles. The SMILES string of the molecule is CSC(=NCc1cnn(C)c1C)NC#N. The van der Waals surface area contributed by atoms with E-state index in [2.05, 4.69) is 15.4 Å². The van der Waals surface area contributed by atoms with Crippen molar-refractivity contribution in [2.75, 3.05) is 6.26 Å². The number of hydrogen-bond donors (Lipinski definition) is 1. The molecule has 0 aromatic carbocycles. The van der Waals surface area contributed by atoms with Gasteiger partial charge in [-0.3, -0.25) is 15.0 Å². The van der Waals surface area contributed by atoms with Crippen molar-refractivity contribution in [3.63, 3.8) is 0 Å². The highest BCUT2D eigenvalue weighted by Crippen LogP contribution is 2.08. The quantitative estimate of drug-likeness (QED) is 0.352. The molecule has 6 heteroatoms. The third kappa shape index (κ3) is 2.99. The summed E-state index contributed by atoms with van der Waals surface area (Å²) >= 11 is 1.42. The van der Waals surface area contributed by atoms with E-state index >= 15 is 0 Å². The van der Waals surface area contributed by atoms with E-state index in [1.54, 1.807) is 10.9 Å². The maximum Gasteiger partial charge on any atom is 0.183 e. The van der Waals surface area contributed by atoms with Gasteiger partial charge in [0.05, 0.1) is 12.7 Å². The van der Waals surface area contributed by atoms with Crippen molar-refractivity contribution >= 4 is 16.9 Å². The van der Waals surface area contributed by atoms with Gasteiger partial charge < -0.3 is 0 Å². The lowest BCUT2D eigenvalue weighted by Crippen LogP contribution is -2.13. The zero-order valence-corrected chi connectivity index (χ0v) is 9.80. The molecule has 1 aromatic heterocycles. The van der Waals surface area contributed by atoms with E-state index in [1.807, 2.05) is 26.4 Å². The summed E-state index contributed by atoms with van der Waals surface area (Å²) in [4.78, 5) is 4.27. The number of aliphatic imine (C=N–C) groups is 1. The van der Waals surface area contributed by atoms with Gasteiger partial charge in [-0.25, -0.2) is 0 Å². The second kappa shape index (κ2) is 5.41. The number of thioether (sulfide) groups is 1. The van der Waals surface area contributed by atoms with Crippen molar-refractivity contribution in [3.05, 3.63) is 17.5 Å². The Hall–Kier alpha value is -1.48. The van der Waals surface area contributed by atoms with E-state index < -0.39 is 0 Å². The fraction of sp³-hybridized carbons (Fsp3) is 0.444. The summed E-state index contributed by atoms with van der Waals surface area (Å²) in [5.41, 5.74) is 2.17. The smallest absolute Gasteiger partial charge is 0.183 e. The van der Waals surface area contributed by atoms with E-state index in [4.69, 9.17) is 5.26 Å². The van der Waals surface area contributed by atoms with E-state index in [0.717, 1.165) is 11.3 Å². The second-order valence-electron chi connectivity index (χ2n) is 2.94. The molecular formula is C9H13N5S. The number of hydrogen-bond acceptors (Lipinski definition) is 4. The summed E-state index contributed by atoms with van der Waals surface area (Å²) in [6, 6.07) is 0. The average Bonchev–Trinajstić information content (AvgIpc) is 2.55. The molecule has 15 heavy (non-hydrogen) atoms. The van der Waals surface area contributed by atoms with Crippen molar-refractivity contribution in [2.45, 2.75) is 13.5 Å². The average molecular weight is 223 g/mol. The van der Waals surface area contributed by atoms with Gasteiger partial charge in [-0.1, -0.05) is 11.8 Å². The summed E-state index contributed by atoms with van der Waals surface area (Å²) in [5.74, 6) is 0. The number of aryl methyl sites for hydroxylation is 1. The van der Waals surface area contributed by atoms with Crippen LogP contribution < -0.4 is 5.32 Å². The molecule has 0 unspecified atom stereocenters. The highest BCUT2D eigenvalue weighted by atomic mass is 32.2. The molecule has 0 fully saturated rings. The number of amidine groups is 1. The van der Waals surface area contributed by atoms with Crippen molar-refractivity contribution in [1.29, 1.82) is 5.26 Å². The van der Waals surface area contributed by atoms with Gasteiger partial charge in [0.1, 0.15) is 0 Å². The van der Waals surface area contributed by atoms with Crippen molar-refractivity contribution in [2.24, 2.45) is 12.0 Å². The topological polar surface area (TPSA) is 66.0 Å². The standard InChI is InChI=1S/C9H13N5S/c1-7-8(5-13-14(7)2)4-11-9(15-3)12-6-10/h5H,4H2,1-3H3,(H,11,12). The monoisotopic (exact) mass is 223 g/mol. The number of nitrogens with one attached hydrogen (secondary N) is 1. The summed E-state index contributed by atoms with van der Waals surface area (Å²) in [6.45, 7) is 2.54. The third-order valence-corrected chi connectivity index (χ3v) is 2.70. The van der Waals surface area contributed by atoms with Gasteiger partial charge in [-0.15, -0.1) is 0 Å². The lowest BCUT2D eigenvalue weighted by Gasteiger charge is -1.99. The molecule has 80 valence electrons. The maximum atomic E-state index is 8.45. The van der Waals surface area contributed by atoms with E-state index in [-0.39, 0.29) is 0 Å². The molecule has 0 radical (unpaired) electrons. The van der Waals surface area contributed by atoms with Crippen LogP contribution in [-0.2, 0) is 13.6 Å². The van der Waals surface area contributed by atoms with E-state index in [9.17, 15) is 0 Å². The molecule has 1 aromatic rings. The summed E-state index contributed by atoms with van der Waals surface area (Å²) in [5, 5.41) is 15.7. The first kappa shape index (κ1) is 11.6. The molecule has 0 bridgehead atoms. The Morgan fingerprint density at radius 1 is 1.80 bits per heavy atom. The second-order valence-corrected chi connectivity index (χ2v) is 3.74. The van der Waals surface area contributed by atoms with Crippen LogP contribution in [0.15, 0.2) is 11.2 Å². The minimum Gasteiger partial charge on any atom is -0.273 e. The maximum absolute atomic E-state index is 8.45. The summed E-state index contributed by atoms with van der Waals surface area (Å²) < 4.78 is 1.81. The van der Waals surface area contributed by atoms with Crippen LogP contribution in [0.1, 0.15) is 11.3 Å². The Morgan fingerprint density at radius 3 is 3.00 bits per heavy atom. The van der Waals surface area contributed by atoms with Crippen LogP contribution in [0.2, 0.25) is 0 Å². The number of rotatable bonds is 2. The van der Waals surface area contributed by atoms with Crippen molar-refractivity contribution < 1.29 is 0 Å². The molecule has 1 N–H and O–H groups in total. The van der Waals surface area contributed by atoms with Crippen LogP contribution in [0.3, 0.4) is 0 Å². The minimum absolute atomic E-state index is 0.546. The van der Waals surface area contributed by atoms with Crippen LogP contribution in [0.5, 0.6) is 0 Å². The summed E-state index contributed by atoms with van der Waals surface area (Å²) in [7, 11) is 1.89. The van der Waals surface area contributed by atoms with Crippen LogP contribution >= 0.6 is 11.8 Å². The van der Waals surface area contributed by atoms with Crippen LogP contribution in [0, 0.1) is 18.4 Å². The number of aromatic nitrogens is 2. The van der Waals surface area contributed by atoms with Gasteiger partial charge in [-0.05, 0) is 13.2 Å². The largest absolute Gasteiger partial charge is 0.273 e. The van der Waals surface area contributed by atoms with Gasteiger partial charge in [-0.2, -0.15) is 10.4 Å². The normalized spacial score (nSPS) is 11.2. The molecule has 0 aliphatic carbocycles. The van der Waals surface area contributed by atoms with Crippen molar-refractivity contribution in [3.8, 4) is 6.19 Å². The molecule has 0 spiro atoms. The Kier molecular flexibility index (Phi) is 4.18. The zero-order chi connectivity index (χ0) is 11.3. The number of nitrogens with zero attached hydrogens (tertiary/aromatic N) is 4. The zero-order valence-electron chi connectivity index (χ0n) is 8.98. The Bertz CT molecular complexity index is 401. The fourth-order valence-corrected chi connectivity index (χ4v) is 1.40. The Labute approximate surface area is 93.2 Å². The first-order valence-electron chi connectivity index (χ1n) is 4.40. The highest BCUT2D eigenvalue weighted by Gasteiger charge is 2.02. The molecular weight excluding hydrogens is 210 g/mol. The molecule has 0 aliphatic rings. The van der Waals surface area contributed by atoms with Gasteiger partial charge in [0.15, 0.2) is 11.4 Å². The molecule has 1 heterocycles. The predicted octanol–water partition coefficient (Wildman–Crippen LogP) is 1.02. The van der Waals surface area contributed by atoms with Crippen LogP contribution in [-0.4, -0.2) is 21.2 Å². The van der Waals surface area contributed by atoms with Gasteiger partial charge in [0.2, 0.25) is 0 Å². The van der Waals surface area contributed by atoms with Gasteiger partial charge in [0.25, 0.3) is 0 Å². The lowest BCUT2D eigenvalue weighted by atomic mass is 10.3. The Morgan fingerprint density at radius 2 is 2.53 bits per heavy atom. The lowest BCUT2D eigenvalue weighted by molar-refractivity contribution is 0.737. The van der Waals surface area contributed by atoms with E-state index in [1.165, 1.54) is 11.8 Å². The number of nitriles is 1. The third-order valence-electron chi connectivity index (χ3n) is 2.09. The Balaban J connectivity index is 2.71. The fourth-order valence-electron chi connectivity index (χ4n) is 1.06. The molecule has 5 nitrogen and oxygen atoms in total. The summed E-state index contributed by atoms with van der Waals surface area (Å²) in [6.07, 6.45) is 5.52. The van der Waals surface area contributed by atoms with Crippen LogP contribution in [0.4, 0.5) is 0 Å². The molecule has 0 saturated carbocycles. The molecule has 0 amide bonds. The highest BCUT2D eigenvalue weighted by molar-refractivity contribution is 8.13. The van der Waals surface area contributed by atoms with E-state index in [0.29, 0.717) is 11.7 Å². The molecule has 1 rings (SSSR count). The first-order chi connectivity index (χ1) is 7.19. The predicted molar refractivity (Wildman–Crippen MR) is 61.3 cm³/mol. The van der Waals surface area contributed by atoms with Gasteiger partial charge in [0, 0.05) is 18.3 Å². The van der Waals surface area contributed by atoms with Crippen LogP contribution in [0.25, 0.3) is 0 Å². The van der Waals surface area contributed by atoms with Crippen molar-refractivity contribution in [1.82, 2.24) is 15.1 Å². The van der Waals surface area contributed by atoms with Gasteiger partial charge >= 0.3 is 0 Å². The first-order valence-corrected chi connectivity index (χ1v) is 5.62. The molecule has 0 atom stereocenters. The molecule has 0 aliphatic heterocycles. The minimum atomic E-state index is 0.546.